The standard InChI is InChI=1S/C20H16Cl4N2OS/c21-12-7-13-19(27-9-14-15(22)2-1-3-16(14)23)11(6-18-25-4-5-26-18)10-28-20(13)17(24)8-12/h1-5,7-8,11,19H,6,9-10H2,(H,25,26)/t11-,19-/m0/s1. The van der Waals surface area contributed by atoms with E-state index in [9.17, 15) is 0 Å². The lowest BCUT2D eigenvalue weighted by Gasteiger charge is -2.33. The molecule has 0 saturated carbocycles. The van der Waals surface area contributed by atoms with E-state index in [0.717, 1.165) is 34.0 Å². The van der Waals surface area contributed by atoms with Crippen molar-refractivity contribution >= 4 is 58.2 Å². The van der Waals surface area contributed by atoms with Gasteiger partial charge < -0.3 is 9.72 Å². The molecule has 0 amide bonds. The molecule has 0 bridgehead atoms. The number of imidazole rings is 1. The van der Waals surface area contributed by atoms with Crippen molar-refractivity contribution in [2.24, 2.45) is 5.92 Å². The summed E-state index contributed by atoms with van der Waals surface area (Å²) >= 11 is 27.1. The molecule has 8 heteroatoms. The molecule has 146 valence electrons. The van der Waals surface area contributed by atoms with Gasteiger partial charge in [-0.25, -0.2) is 4.98 Å². The molecule has 2 aromatic carbocycles. The topological polar surface area (TPSA) is 37.9 Å². The Balaban J connectivity index is 1.66. The van der Waals surface area contributed by atoms with Crippen molar-refractivity contribution < 1.29 is 4.74 Å². The third-order valence-electron chi connectivity index (χ3n) is 4.69. The van der Waals surface area contributed by atoms with Crippen LogP contribution in [0.4, 0.5) is 0 Å². The van der Waals surface area contributed by atoms with Gasteiger partial charge >= 0.3 is 0 Å². The van der Waals surface area contributed by atoms with Gasteiger partial charge in [-0.2, -0.15) is 0 Å². The summed E-state index contributed by atoms with van der Waals surface area (Å²) in [5.41, 5.74) is 1.77. The van der Waals surface area contributed by atoms with Crippen LogP contribution in [0.25, 0.3) is 0 Å². The molecule has 2 heterocycles. The summed E-state index contributed by atoms with van der Waals surface area (Å²) < 4.78 is 6.39. The van der Waals surface area contributed by atoms with Gasteiger partial charge in [0.25, 0.3) is 0 Å². The second-order valence-corrected chi connectivity index (χ2v) is 9.24. The molecule has 1 aliphatic heterocycles. The summed E-state index contributed by atoms with van der Waals surface area (Å²) in [4.78, 5) is 8.55. The van der Waals surface area contributed by atoms with Gasteiger partial charge in [0.05, 0.1) is 17.7 Å². The highest BCUT2D eigenvalue weighted by Gasteiger charge is 2.33. The molecule has 4 rings (SSSR count). The number of rotatable bonds is 5. The highest BCUT2D eigenvalue weighted by atomic mass is 35.5. The van der Waals surface area contributed by atoms with Crippen LogP contribution < -0.4 is 0 Å². The maximum Gasteiger partial charge on any atom is 0.106 e. The normalized spacial score (nSPS) is 18.9. The fourth-order valence-corrected chi connectivity index (χ4v) is 5.76. The van der Waals surface area contributed by atoms with Crippen molar-refractivity contribution in [2.45, 2.75) is 24.0 Å². The Labute approximate surface area is 187 Å². The molecule has 0 radical (unpaired) electrons. The summed E-state index contributed by atoms with van der Waals surface area (Å²) in [5, 5.41) is 2.41. The Morgan fingerprint density at radius 1 is 1.11 bits per heavy atom. The SMILES string of the molecule is Clc1cc(Cl)c2c(c1)[C@@H](OCc1c(Cl)cccc1Cl)[C@@H](Cc1ncc[nH]1)CS2. The van der Waals surface area contributed by atoms with Gasteiger partial charge in [0.15, 0.2) is 0 Å². The summed E-state index contributed by atoms with van der Waals surface area (Å²) in [6.07, 6.45) is 4.13. The van der Waals surface area contributed by atoms with Gasteiger partial charge in [-0.15, -0.1) is 11.8 Å². The number of aromatic nitrogens is 2. The van der Waals surface area contributed by atoms with Crippen LogP contribution in [0, 0.1) is 5.92 Å². The first-order chi connectivity index (χ1) is 13.5. The van der Waals surface area contributed by atoms with Crippen molar-refractivity contribution in [3.8, 4) is 0 Å². The third kappa shape index (κ3) is 4.33. The summed E-state index contributed by atoms with van der Waals surface area (Å²) in [7, 11) is 0. The van der Waals surface area contributed by atoms with Crippen LogP contribution in [0.15, 0.2) is 47.6 Å². The Kier molecular flexibility index (Phi) is 6.46. The minimum absolute atomic E-state index is 0.194. The van der Waals surface area contributed by atoms with Crippen molar-refractivity contribution in [3.63, 3.8) is 0 Å². The zero-order valence-electron chi connectivity index (χ0n) is 14.6. The van der Waals surface area contributed by atoms with Crippen molar-refractivity contribution in [1.82, 2.24) is 9.97 Å². The summed E-state index contributed by atoms with van der Waals surface area (Å²) in [6.45, 7) is 0.298. The van der Waals surface area contributed by atoms with E-state index in [4.69, 9.17) is 51.1 Å². The molecule has 3 nitrogen and oxygen atoms in total. The molecule has 0 spiro atoms. The maximum absolute atomic E-state index is 6.45. The minimum atomic E-state index is -0.204. The molecule has 3 aromatic rings. The first-order valence-corrected chi connectivity index (χ1v) is 11.2. The number of H-pyrrole nitrogens is 1. The number of hydrogen-bond acceptors (Lipinski definition) is 3. The summed E-state index contributed by atoms with van der Waals surface area (Å²) in [5.74, 6) is 1.97. The monoisotopic (exact) mass is 472 g/mol. The lowest BCUT2D eigenvalue weighted by molar-refractivity contribution is 0.00183. The second kappa shape index (κ2) is 8.86. The van der Waals surface area contributed by atoms with Crippen LogP contribution in [-0.2, 0) is 17.8 Å². The van der Waals surface area contributed by atoms with Crippen molar-refractivity contribution in [3.05, 3.63) is 79.8 Å². The minimum Gasteiger partial charge on any atom is -0.368 e. The fourth-order valence-electron chi connectivity index (χ4n) is 3.37. The number of hydrogen-bond donors (Lipinski definition) is 1. The average molecular weight is 474 g/mol. The van der Waals surface area contributed by atoms with E-state index in [-0.39, 0.29) is 12.0 Å². The first kappa shape index (κ1) is 20.4. The third-order valence-corrected chi connectivity index (χ3v) is 7.37. The van der Waals surface area contributed by atoms with E-state index in [1.54, 1.807) is 24.0 Å². The van der Waals surface area contributed by atoms with Crippen LogP contribution in [0.2, 0.25) is 20.1 Å². The number of nitrogens with zero attached hydrogens (tertiary/aromatic N) is 1. The Morgan fingerprint density at radius 2 is 1.89 bits per heavy atom. The lowest BCUT2D eigenvalue weighted by Crippen LogP contribution is -2.25. The number of aromatic amines is 1. The Hall–Kier alpha value is -0.880. The second-order valence-electron chi connectivity index (χ2n) is 6.55. The number of ether oxygens (including phenoxy) is 1. The van der Waals surface area contributed by atoms with Gasteiger partial charge in [-0.1, -0.05) is 52.5 Å². The van der Waals surface area contributed by atoms with Gasteiger partial charge in [0.1, 0.15) is 5.82 Å². The zero-order chi connectivity index (χ0) is 19.7. The molecular weight excluding hydrogens is 458 g/mol. The van der Waals surface area contributed by atoms with Crippen LogP contribution in [0.3, 0.4) is 0 Å². The number of nitrogens with one attached hydrogen (secondary N) is 1. The smallest absolute Gasteiger partial charge is 0.106 e. The fraction of sp³-hybridized carbons (Fsp3) is 0.250. The molecule has 1 N–H and O–H groups in total. The Morgan fingerprint density at radius 3 is 2.61 bits per heavy atom. The van der Waals surface area contributed by atoms with Gasteiger partial charge in [-0.05, 0) is 29.8 Å². The van der Waals surface area contributed by atoms with Crippen LogP contribution in [0.5, 0.6) is 0 Å². The number of halogens is 4. The molecule has 0 saturated heterocycles. The van der Waals surface area contributed by atoms with Gasteiger partial charge in [0, 0.05) is 56.0 Å². The lowest BCUT2D eigenvalue weighted by atomic mass is 9.93. The van der Waals surface area contributed by atoms with Crippen molar-refractivity contribution in [2.75, 3.05) is 5.75 Å². The van der Waals surface area contributed by atoms with Crippen molar-refractivity contribution in [1.29, 1.82) is 0 Å². The van der Waals surface area contributed by atoms with E-state index in [1.165, 1.54) is 0 Å². The van der Waals surface area contributed by atoms with Crippen LogP contribution in [-0.4, -0.2) is 15.7 Å². The molecule has 28 heavy (non-hydrogen) atoms. The molecule has 0 aliphatic carbocycles. The molecular formula is C20H16Cl4N2OS. The first-order valence-electron chi connectivity index (χ1n) is 8.67. The predicted molar refractivity (Wildman–Crippen MR) is 117 cm³/mol. The molecule has 0 fully saturated rings. The van der Waals surface area contributed by atoms with E-state index in [0.29, 0.717) is 26.7 Å². The highest BCUT2D eigenvalue weighted by Crippen LogP contribution is 2.47. The average Bonchev–Trinajstić information content (AvgIpc) is 3.15. The molecule has 1 aliphatic rings. The van der Waals surface area contributed by atoms with E-state index < -0.39 is 0 Å². The van der Waals surface area contributed by atoms with Gasteiger partial charge in [0.2, 0.25) is 0 Å². The zero-order valence-corrected chi connectivity index (χ0v) is 18.4. The molecule has 1 aromatic heterocycles. The predicted octanol–water partition coefficient (Wildman–Crippen LogP) is 7.25. The van der Waals surface area contributed by atoms with E-state index in [1.807, 2.05) is 30.5 Å². The molecule has 0 unspecified atom stereocenters. The largest absolute Gasteiger partial charge is 0.368 e. The summed E-state index contributed by atoms with van der Waals surface area (Å²) in [6, 6.07) is 9.14. The molecule has 2 atom stereocenters. The van der Waals surface area contributed by atoms with Gasteiger partial charge in [-0.3, -0.25) is 0 Å². The number of fused-ring (bicyclic) bond motifs is 1. The van der Waals surface area contributed by atoms with E-state index >= 15 is 0 Å². The highest BCUT2D eigenvalue weighted by molar-refractivity contribution is 7.99. The number of benzene rings is 2. The maximum atomic E-state index is 6.45. The Bertz CT molecular complexity index is 960. The van der Waals surface area contributed by atoms with Crippen LogP contribution >= 0.6 is 58.2 Å². The number of thioether (sulfide) groups is 1. The van der Waals surface area contributed by atoms with Crippen LogP contribution in [0.1, 0.15) is 23.1 Å². The van der Waals surface area contributed by atoms with E-state index in [2.05, 4.69) is 9.97 Å². The quantitative estimate of drug-likeness (QED) is 0.424.